The molecular formula is C13H16N4S. The number of thiophene rings is 1. The van der Waals surface area contributed by atoms with Crippen LogP contribution in [0.3, 0.4) is 0 Å². The highest BCUT2D eigenvalue weighted by Gasteiger charge is 2.28. The first-order valence-electron chi connectivity index (χ1n) is 6.15. The smallest absolute Gasteiger partial charge is 0.228 e. The lowest BCUT2D eigenvalue weighted by molar-refractivity contribution is 0.714. The van der Waals surface area contributed by atoms with E-state index in [2.05, 4.69) is 32.4 Å². The van der Waals surface area contributed by atoms with Crippen LogP contribution < -0.4 is 10.6 Å². The highest BCUT2D eigenvalue weighted by molar-refractivity contribution is 7.10. The average Bonchev–Trinajstić information content (AvgIpc) is 2.98. The minimum atomic E-state index is 0.409. The van der Waals surface area contributed by atoms with Crippen molar-refractivity contribution in [3.63, 3.8) is 0 Å². The Morgan fingerprint density at radius 1 is 1.44 bits per heavy atom. The fourth-order valence-electron chi connectivity index (χ4n) is 2.49. The fraction of sp³-hybridized carbons (Fsp3) is 0.385. The van der Waals surface area contributed by atoms with Crippen LogP contribution in [0.4, 0.5) is 11.8 Å². The number of hydrogen-bond acceptors (Lipinski definition) is 5. The highest BCUT2D eigenvalue weighted by atomic mass is 32.1. The lowest BCUT2D eigenvalue weighted by Crippen LogP contribution is -2.24. The zero-order valence-corrected chi connectivity index (χ0v) is 11.2. The van der Waals surface area contributed by atoms with Gasteiger partial charge in [0, 0.05) is 23.2 Å². The van der Waals surface area contributed by atoms with Crippen LogP contribution in [0.5, 0.6) is 0 Å². The van der Waals surface area contributed by atoms with E-state index >= 15 is 0 Å². The Labute approximate surface area is 110 Å². The van der Waals surface area contributed by atoms with E-state index < -0.39 is 0 Å². The molecule has 18 heavy (non-hydrogen) atoms. The molecule has 0 bridgehead atoms. The molecule has 1 aliphatic heterocycles. The Kier molecular flexibility index (Phi) is 2.91. The van der Waals surface area contributed by atoms with Crippen LogP contribution in [0.25, 0.3) is 0 Å². The lowest BCUT2D eigenvalue weighted by Gasteiger charge is -2.24. The number of nitrogen functional groups attached to an aromatic ring is 1. The average molecular weight is 260 g/mol. The number of rotatable bonds is 2. The van der Waals surface area contributed by atoms with Crippen molar-refractivity contribution in [3.8, 4) is 0 Å². The Bertz CT molecular complexity index is 518. The van der Waals surface area contributed by atoms with E-state index in [1.54, 1.807) is 17.4 Å². The molecule has 4 nitrogen and oxygen atoms in total. The van der Waals surface area contributed by atoms with E-state index in [-0.39, 0.29) is 0 Å². The van der Waals surface area contributed by atoms with Gasteiger partial charge in [-0.3, -0.25) is 0 Å². The lowest BCUT2D eigenvalue weighted by atomic mass is 10.2. The molecule has 1 aliphatic rings. The van der Waals surface area contributed by atoms with Gasteiger partial charge in [-0.05, 0) is 31.2 Å². The first-order valence-corrected chi connectivity index (χ1v) is 7.03. The van der Waals surface area contributed by atoms with E-state index in [0.29, 0.717) is 11.9 Å². The van der Waals surface area contributed by atoms with Crippen molar-refractivity contribution in [2.75, 3.05) is 17.2 Å². The summed E-state index contributed by atoms with van der Waals surface area (Å²) in [6.45, 7) is 2.96. The van der Waals surface area contributed by atoms with E-state index in [4.69, 9.17) is 5.73 Å². The van der Waals surface area contributed by atoms with Crippen molar-refractivity contribution in [2.24, 2.45) is 0 Å². The summed E-state index contributed by atoms with van der Waals surface area (Å²) in [4.78, 5) is 12.5. The maximum Gasteiger partial charge on any atom is 0.228 e. The maximum absolute atomic E-state index is 5.82. The molecule has 5 heteroatoms. The van der Waals surface area contributed by atoms with E-state index in [1.165, 1.54) is 11.3 Å². The summed E-state index contributed by atoms with van der Waals surface area (Å²) in [5.41, 5.74) is 6.74. The summed E-state index contributed by atoms with van der Waals surface area (Å²) in [6, 6.07) is 6.50. The van der Waals surface area contributed by atoms with Gasteiger partial charge in [-0.1, -0.05) is 6.07 Å². The molecule has 2 aromatic heterocycles. The third kappa shape index (κ3) is 2.06. The fourth-order valence-corrected chi connectivity index (χ4v) is 3.36. The topological polar surface area (TPSA) is 55.0 Å². The normalized spacial score (nSPS) is 19.4. The van der Waals surface area contributed by atoms with Crippen molar-refractivity contribution >= 4 is 23.1 Å². The van der Waals surface area contributed by atoms with Gasteiger partial charge in [-0.2, -0.15) is 4.98 Å². The van der Waals surface area contributed by atoms with Gasteiger partial charge in [0.25, 0.3) is 0 Å². The van der Waals surface area contributed by atoms with Crippen LogP contribution >= 0.6 is 11.3 Å². The molecule has 0 radical (unpaired) electrons. The summed E-state index contributed by atoms with van der Waals surface area (Å²) in [5.74, 6) is 1.32. The second-order valence-corrected chi connectivity index (χ2v) is 5.58. The SMILES string of the molecule is Cc1cc(N)nc(N2CCCC2c2cccs2)n1. The molecule has 3 heterocycles. The number of anilines is 2. The van der Waals surface area contributed by atoms with E-state index in [1.807, 2.05) is 6.92 Å². The third-order valence-electron chi connectivity index (χ3n) is 3.24. The standard InChI is InChI=1S/C13H16N4S/c1-9-8-12(14)16-13(15-9)17-6-2-4-10(17)11-5-3-7-18-11/h3,5,7-8,10H,2,4,6H2,1H3,(H2,14,15,16). The van der Waals surface area contributed by atoms with Crippen LogP contribution in [-0.2, 0) is 0 Å². The van der Waals surface area contributed by atoms with Gasteiger partial charge in [-0.25, -0.2) is 4.98 Å². The number of nitrogens with zero attached hydrogens (tertiary/aromatic N) is 3. The first kappa shape index (κ1) is 11.5. The summed E-state index contributed by atoms with van der Waals surface area (Å²) < 4.78 is 0. The molecule has 1 saturated heterocycles. The van der Waals surface area contributed by atoms with E-state index in [9.17, 15) is 0 Å². The predicted molar refractivity (Wildman–Crippen MR) is 74.8 cm³/mol. The molecule has 0 spiro atoms. The minimum Gasteiger partial charge on any atom is -0.384 e. The molecule has 94 valence electrons. The van der Waals surface area contributed by atoms with Gasteiger partial charge in [0.15, 0.2) is 0 Å². The molecule has 1 unspecified atom stereocenters. The summed E-state index contributed by atoms with van der Waals surface area (Å²) in [7, 11) is 0. The minimum absolute atomic E-state index is 0.409. The van der Waals surface area contributed by atoms with Gasteiger partial charge in [-0.15, -0.1) is 11.3 Å². The molecule has 0 saturated carbocycles. The van der Waals surface area contributed by atoms with Crippen molar-refractivity contribution in [1.82, 2.24) is 9.97 Å². The molecule has 3 rings (SSSR count). The number of aromatic nitrogens is 2. The summed E-state index contributed by atoms with van der Waals surface area (Å²) >= 11 is 1.80. The maximum atomic E-state index is 5.82. The molecule has 0 aromatic carbocycles. The van der Waals surface area contributed by atoms with Crippen LogP contribution in [-0.4, -0.2) is 16.5 Å². The van der Waals surface area contributed by atoms with Crippen molar-refractivity contribution < 1.29 is 0 Å². The van der Waals surface area contributed by atoms with E-state index in [0.717, 1.165) is 24.6 Å². The number of nitrogens with two attached hydrogens (primary N) is 1. The van der Waals surface area contributed by atoms with Gasteiger partial charge in [0.2, 0.25) is 5.95 Å². The monoisotopic (exact) mass is 260 g/mol. The van der Waals surface area contributed by atoms with Gasteiger partial charge in [0.05, 0.1) is 6.04 Å². The van der Waals surface area contributed by atoms with Crippen molar-refractivity contribution in [3.05, 3.63) is 34.2 Å². The Morgan fingerprint density at radius 3 is 3.06 bits per heavy atom. The molecule has 1 atom stereocenters. The molecule has 0 aliphatic carbocycles. The van der Waals surface area contributed by atoms with Gasteiger partial charge >= 0.3 is 0 Å². The van der Waals surface area contributed by atoms with Gasteiger partial charge < -0.3 is 10.6 Å². The zero-order valence-electron chi connectivity index (χ0n) is 10.3. The van der Waals surface area contributed by atoms with Crippen LogP contribution in [0.1, 0.15) is 29.5 Å². The predicted octanol–water partition coefficient (Wildman–Crippen LogP) is 2.77. The van der Waals surface area contributed by atoms with Crippen molar-refractivity contribution in [1.29, 1.82) is 0 Å². The largest absolute Gasteiger partial charge is 0.384 e. The second-order valence-electron chi connectivity index (χ2n) is 4.60. The summed E-state index contributed by atoms with van der Waals surface area (Å²) in [6.07, 6.45) is 2.34. The second kappa shape index (κ2) is 4.57. The molecule has 2 aromatic rings. The Hall–Kier alpha value is -1.62. The summed E-state index contributed by atoms with van der Waals surface area (Å²) in [5, 5.41) is 2.12. The van der Waals surface area contributed by atoms with Crippen LogP contribution in [0.2, 0.25) is 0 Å². The third-order valence-corrected chi connectivity index (χ3v) is 4.22. The highest BCUT2D eigenvalue weighted by Crippen LogP contribution is 2.36. The number of aryl methyl sites for hydroxylation is 1. The molecule has 1 fully saturated rings. The van der Waals surface area contributed by atoms with Crippen LogP contribution in [0, 0.1) is 6.92 Å². The first-order chi connectivity index (χ1) is 8.74. The quantitative estimate of drug-likeness (QED) is 0.902. The number of hydrogen-bond donors (Lipinski definition) is 1. The van der Waals surface area contributed by atoms with Crippen molar-refractivity contribution in [2.45, 2.75) is 25.8 Å². The Balaban J connectivity index is 1.95. The molecular weight excluding hydrogens is 244 g/mol. The van der Waals surface area contributed by atoms with Crippen LogP contribution in [0.15, 0.2) is 23.6 Å². The molecule has 0 amide bonds. The molecule has 2 N–H and O–H groups in total. The zero-order chi connectivity index (χ0) is 12.5. The van der Waals surface area contributed by atoms with Gasteiger partial charge in [0.1, 0.15) is 5.82 Å². The Morgan fingerprint density at radius 2 is 2.33 bits per heavy atom.